The minimum Gasteiger partial charge on any atom is -0.350 e. The van der Waals surface area contributed by atoms with Gasteiger partial charge in [-0.2, -0.15) is 5.10 Å². The van der Waals surface area contributed by atoms with Crippen molar-refractivity contribution >= 4 is 28.4 Å². The molecule has 6 heteroatoms. The fourth-order valence-electron chi connectivity index (χ4n) is 3.35. The topological polar surface area (TPSA) is 78.1 Å². The molecule has 0 saturated carbocycles. The van der Waals surface area contributed by atoms with Gasteiger partial charge in [0.15, 0.2) is 5.69 Å². The Morgan fingerprint density at radius 1 is 1.24 bits per heavy atom. The Kier molecular flexibility index (Phi) is 3.72. The molecule has 6 nitrogen and oxygen atoms in total. The van der Waals surface area contributed by atoms with Crippen molar-refractivity contribution in [1.29, 1.82) is 0 Å². The lowest BCUT2D eigenvalue weighted by Gasteiger charge is -2.31. The third kappa shape index (κ3) is 2.65. The largest absolute Gasteiger partial charge is 0.350 e. The molecule has 4 rings (SSSR count). The average molecular weight is 334 g/mol. The Hall–Kier alpha value is -3.15. The van der Waals surface area contributed by atoms with Crippen molar-refractivity contribution in [3.05, 3.63) is 59.8 Å². The molecular weight excluding hydrogens is 316 g/mol. The fourth-order valence-corrected chi connectivity index (χ4v) is 3.35. The maximum Gasteiger partial charge on any atom is 0.272 e. The number of carbonyl (C=O) groups excluding carboxylic acids is 2. The maximum atomic E-state index is 12.5. The van der Waals surface area contributed by atoms with Crippen LogP contribution < -0.4 is 10.2 Å². The highest BCUT2D eigenvalue weighted by molar-refractivity contribution is 6.04. The Morgan fingerprint density at radius 3 is 2.88 bits per heavy atom. The van der Waals surface area contributed by atoms with E-state index in [4.69, 9.17) is 0 Å². The second kappa shape index (κ2) is 6.05. The normalized spacial score (nSPS) is 16.8. The van der Waals surface area contributed by atoms with Gasteiger partial charge in [-0.05, 0) is 17.7 Å². The van der Waals surface area contributed by atoms with Gasteiger partial charge in [0.2, 0.25) is 5.91 Å². The molecule has 2 N–H and O–H groups in total. The highest BCUT2D eigenvalue weighted by Crippen LogP contribution is 2.34. The molecule has 0 fully saturated rings. The Morgan fingerprint density at radius 2 is 2.00 bits per heavy atom. The first-order chi connectivity index (χ1) is 12.1. The lowest BCUT2D eigenvalue weighted by atomic mass is 9.89. The Labute approximate surface area is 144 Å². The molecule has 2 amide bonds. The van der Waals surface area contributed by atoms with Crippen molar-refractivity contribution in [1.82, 2.24) is 15.5 Å². The number of amides is 2. The molecule has 126 valence electrons. The van der Waals surface area contributed by atoms with Gasteiger partial charge in [0.1, 0.15) is 0 Å². The van der Waals surface area contributed by atoms with E-state index in [2.05, 4.69) is 15.5 Å². The molecule has 0 radical (unpaired) electrons. The molecule has 1 aromatic heterocycles. The summed E-state index contributed by atoms with van der Waals surface area (Å²) in [7, 11) is 1.78. The highest BCUT2D eigenvalue weighted by atomic mass is 16.2. The molecular formula is C19H18N4O2. The van der Waals surface area contributed by atoms with Crippen LogP contribution in [-0.2, 0) is 4.79 Å². The van der Waals surface area contributed by atoms with E-state index in [0.717, 1.165) is 22.2 Å². The lowest BCUT2D eigenvalue weighted by molar-refractivity contribution is -0.119. The summed E-state index contributed by atoms with van der Waals surface area (Å²) in [6.07, 6.45) is 0.384. The smallest absolute Gasteiger partial charge is 0.272 e. The van der Waals surface area contributed by atoms with Crippen LogP contribution in [0.2, 0.25) is 0 Å². The van der Waals surface area contributed by atoms with Crippen LogP contribution in [0.1, 0.15) is 28.4 Å². The number of nitrogens with zero attached hydrogens (tertiary/aromatic N) is 2. The summed E-state index contributed by atoms with van der Waals surface area (Å²) < 4.78 is 0. The molecule has 1 aliphatic rings. The second-order valence-corrected chi connectivity index (χ2v) is 6.24. The fraction of sp³-hybridized carbons (Fsp3) is 0.211. The van der Waals surface area contributed by atoms with Gasteiger partial charge in [0.25, 0.3) is 5.91 Å². The van der Waals surface area contributed by atoms with E-state index >= 15 is 0 Å². The zero-order chi connectivity index (χ0) is 17.4. The Bertz CT molecular complexity index is 963. The van der Waals surface area contributed by atoms with Gasteiger partial charge in [0.05, 0.1) is 5.52 Å². The SMILES string of the molecule is CN1C(=O)C[C@H](CNC(=O)c2n[nH]c3ccccc23)c2ccccc21. The molecule has 25 heavy (non-hydrogen) atoms. The van der Waals surface area contributed by atoms with Crippen molar-refractivity contribution in [2.24, 2.45) is 0 Å². The molecule has 2 aromatic carbocycles. The first-order valence-corrected chi connectivity index (χ1v) is 8.22. The van der Waals surface area contributed by atoms with Crippen LogP contribution >= 0.6 is 0 Å². The third-order valence-corrected chi connectivity index (χ3v) is 4.73. The summed E-state index contributed by atoms with van der Waals surface area (Å²) >= 11 is 0. The van der Waals surface area contributed by atoms with Crippen molar-refractivity contribution in [3.63, 3.8) is 0 Å². The number of anilines is 1. The number of aromatic nitrogens is 2. The molecule has 3 aromatic rings. The first kappa shape index (κ1) is 15.4. The number of nitrogens with one attached hydrogen (secondary N) is 2. The zero-order valence-electron chi connectivity index (χ0n) is 13.8. The minimum atomic E-state index is -0.235. The van der Waals surface area contributed by atoms with Gasteiger partial charge < -0.3 is 10.2 Å². The predicted molar refractivity (Wildman–Crippen MR) is 95.6 cm³/mol. The molecule has 0 bridgehead atoms. The molecule has 1 aliphatic heterocycles. The van der Waals surface area contributed by atoms with Gasteiger partial charge in [-0.15, -0.1) is 0 Å². The van der Waals surface area contributed by atoms with Crippen LogP contribution in [0.4, 0.5) is 5.69 Å². The molecule has 2 heterocycles. The van der Waals surface area contributed by atoms with Crippen LogP contribution in [0.15, 0.2) is 48.5 Å². The van der Waals surface area contributed by atoms with Crippen molar-refractivity contribution in [2.45, 2.75) is 12.3 Å². The zero-order valence-corrected chi connectivity index (χ0v) is 13.8. The molecule has 0 unspecified atom stereocenters. The van der Waals surface area contributed by atoms with Crippen LogP contribution in [-0.4, -0.2) is 35.6 Å². The highest BCUT2D eigenvalue weighted by Gasteiger charge is 2.29. The summed E-state index contributed by atoms with van der Waals surface area (Å²) in [5.41, 5.74) is 3.19. The summed E-state index contributed by atoms with van der Waals surface area (Å²) in [6.45, 7) is 0.399. The lowest BCUT2D eigenvalue weighted by Crippen LogP contribution is -2.37. The first-order valence-electron chi connectivity index (χ1n) is 8.22. The van der Waals surface area contributed by atoms with Gasteiger partial charge in [-0.1, -0.05) is 36.4 Å². The van der Waals surface area contributed by atoms with Gasteiger partial charge in [-0.3, -0.25) is 14.7 Å². The maximum absolute atomic E-state index is 12.5. The number of hydrogen-bond acceptors (Lipinski definition) is 3. The van der Waals surface area contributed by atoms with E-state index in [0.29, 0.717) is 18.7 Å². The van der Waals surface area contributed by atoms with Crippen molar-refractivity contribution < 1.29 is 9.59 Å². The number of H-pyrrole nitrogens is 1. The molecule has 0 saturated heterocycles. The number of rotatable bonds is 3. The van der Waals surface area contributed by atoms with Crippen LogP contribution in [0, 0.1) is 0 Å². The summed E-state index contributed by atoms with van der Waals surface area (Å²) in [4.78, 5) is 26.4. The third-order valence-electron chi connectivity index (χ3n) is 4.73. The van der Waals surface area contributed by atoms with E-state index in [1.54, 1.807) is 11.9 Å². The van der Waals surface area contributed by atoms with E-state index < -0.39 is 0 Å². The van der Waals surface area contributed by atoms with Crippen LogP contribution in [0.25, 0.3) is 10.9 Å². The van der Waals surface area contributed by atoms with Crippen LogP contribution in [0.5, 0.6) is 0 Å². The number of aromatic amines is 1. The second-order valence-electron chi connectivity index (χ2n) is 6.24. The number of benzene rings is 2. The number of fused-ring (bicyclic) bond motifs is 2. The van der Waals surface area contributed by atoms with Crippen molar-refractivity contribution in [2.75, 3.05) is 18.5 Å². The molecule has 0 spiro atoms. The molecule has 1 atom stereocenters. The predicted octanol–water partition coefficient (Wildman–Crippen LogP) is 2.44. The quantitative estimate of drug-likeness (QED) is 0.772. The van der Waals surface area contributed by atoms with Gasteiger partial charge in [-0.25, -0.2) is 0 Å². The van der Waals surface area contributed by atoms with Gasteiger partial charge in [0, 0.05) is 37.0 Å². The number of hydrogen-bond donors (Lipinski definition) is 2. The molecule has 0 aliphatic carbocycles. The summed E-state index contributed by atoms with van der Waals surface area (Å²) in [5, 5.41) is 10.7. The standard InChI is InChI=1S/C19H18N4O2/c1-23-16-9-5-3-6-13(16)12(10-17(23)24)11-20-19(25)18-14-7-2-4-8-15(14)21-22-18/h2-9,12H,10-11H2,1H3,(H,20,25)(H,21,22)/t12-/m1/s1. The Balaban J connectivity index is 1.54. The summed E-state index contributed by atoms with van der Waals surface area (Å²) in [5.74, 6) is -0.210. The van der Waals surface area contributed by atoms with Crippen molar-refractivity contribution in [3.8, 4) is 0 Å². The number of carbonyl (C=O) groups is 2. The number of para-hydroxylation sites is 2. The summed E-state index contributed by atoms with van der Waals surface area (Å²) in [6, 6.07) is 15.3. The minimum absolute atomic E-state index is 0.0333. The van der Waals surface area contributed by atoms with E-state index in [9.17, 15) is 9.59 Å². The van der Waals surface area contributed by atoms with E-state index in [1.165, 1.54) is 0 Å². The van der Waals surface area contributed by atoms with E-state index in [-0.39, 0.29) is 17.7 Å². The van der Waals surface area contributed by atoms with E-state index in [1.807, 2.05) is 48.5 Å². The average Bonchev–Trinajstić information content (AvgIpc) is 3.07. The van der Waals surface area contributed by atoms with Crippen LogP contribution in [0.3, 0.4) is 0 Å². The van der Waals surface area contributed by atoms with Gasteiger partial charge >= 0.3 is 0 Å². The monoisotopic (exact) mass is 334 g/mol.